The van der Waals surface area contributed by atoms with E-state index in [-0.39, 0.29) is 11.9 Å². The summed E-state index contributed by atoms with van der Waals surface area (Å²) in [7, 11) is -3.65. The number of aryl methyl sites for hydroxylation is 1. The van der Waals surface area contributed by atoms with Crippen molar-refractivity contribution in [1.82, 2.24) is 9.29 Å². The van der Waals surface area contributed by atoms with E-state index in [2.05, 4.69) is 0 Å². The van der Waals surface area contributed by atoms with Gasteiger partial charge in [0.05, 0.1) is 21.2 Å². The molecule has 0 saturated carbocycles. The van der Waals surface area contributed by atoms with Gasteiger partial charge in [0.15, 0.2) is 0 Å². The highest BCUT2D eigenvalue weighted by atomic mass is 32.2. The van der Waals surface area contributed by atoms with E-state index in [1.165, 1.54) is 0 Å². The van der Waals surface area contributed by atoms with E-state index in [1.807, 2.05) is 24.3 Å². The lowest BCUT2D eigenvalue weighted by molar-refractivity contribution is -0.116. The minimum atomic E-state index is -3.65. The second kappa shape index (κ2) is 7.44. The molecule has 1 atom stereocenters. The zero-order valence-corrected chi connectivity index (χ0v) is 18.4. The molecule has 1 saturated heterocycles. The number of aromatic nitrogens is 1. The van der Waals surface area contributed by atoms with Gasteiger partial charge in [-0.2, -0.15) is 4.31 Å². The van der Waals surface area contributed by atoms with Crippen LogP contribution in [0, 0.1) is 0 Å². The van der Waals surface area contributed by atoms with Crippen LogP contribution in [0.2, 0.25) is 0 Å². The van der Waals surface area contributed by atoms with Crippen molar-refractivity contribution >= 4 is 43.2 Å². The van der Waals surface area contributed by atoms with E-state index in [0.717, 1.165) is 52.2 Å². The SMILES string of the molecule is CC(=O)N1CCCc2cc(S(=O)(=O)N3CCCC3c3nc4ccccc4s3)ccc21. The summed E-state index contributed by atoms with van der Waals surface area (Å²) in [5.41, 5.74) is 2.67. The van der Waals surface area contributed by atoms with Crippen LogP contribution in [0.5, 0.6) is 0 Å². The number of thiazole rings is 1. The Labute approximate surface area is 180 Å². The van der Waals surface area contributed by atoms with Gasteiger partial charge in [0.25, 0.3) is 0 Å². The van der Waals surface area contributed by atoms with Crippen LogP contribution in [0.15, 0.2) is 47.4 Å². The largest absolute Gasteiger partial charge is 0.312 e. The third-order valence-electron chi connectivity index (χ3n) is 5.96. The van der Waals surface area contributed by atoms with E-state index in [9.17, 15) is 13.2 Å². The maximum Gasteiger partial charge on any atom is 0.243 e. The van der Waals surface area contributed by atoms with Crippen molar-refractivity contribution in [2.45, 2.75) is 43.5 Å². The van der Waals surface area contributed by atoms with Gasteiger partial charge in [-0.3, -0.25) is 4.79 Å². The third kappa shape index (κ3) is 3.23. The highest BCUT2D eigenvalue weighted by Crippen LogP contribution is 2.40. The Balaban J connectivity index is 1.50. The number of sulfonamides is 1. The Hall–Kier alpha value is -2.29. The van der Waals surface area contributed by atoms with Crippen molar-refractivity contribution in [3.8, 4) is 0 Å². The molecule has 1 fully saturated rings. The Morgan fingerprint density at radius 1 is 1.13 bits per heavy atom. The molecule has 0 spiro atoms. The first-order valence-electron chi connectivity index (χ1n) is 10.2. The molecule has 2 aliphatic rings. The molecule has 0 radical (unpaired) electrons. The number of hydrogen-bond acceptors (Lipinski definition) is 5. The smallest absolute Gasteiger partial charge is 0.243 e. The molecule has 6 nitrogen and oxygen atoms in total. The number of nitrogens with zero attached hydrogens (tertiary/aromatic N) is 3. The summed E-state index contributed by atoms with van der Waals surface area (Å²) in [6.07, 6.45) is 3.23. The van der Waals surface area contributed by atoms with Crippen molar-refractivity contribution in [1.29, 1.82) is 0 Å². The van der Waals surface area contributed by atoms with E-state index in [4.69, 9.17) is 4.98 Å². The quantitative estimate of drug-likeness (QED) is 0.613. The first-order chi connectivity index (χ1) is 14.4. The first-order valence-corrected chi connectivity index (χ1v) is 12.5. The number of amides is 1. The zero-order valence-electron chi connectivity index (χ0n) is 16.7. The maximum absolute atomic E-state index is 13.6. The second-order valence-electron chi connectivity index (χ2n) is 7.86. The standard InChI is InChI=1S/C22H23N3O3S2/c1-15(26)24-12-4-6-16-14-17(10-11-19(16)24)30(27,28)25-13-5-8-20(25)22-23-18-7-2-3-9-21(18)29-22/h2-3,7,9-11,14,20H,4-6,8,12-13H2,1H3. The van der Waals surface area contributed by atoms with Gasteiger partial charge in [0.2, 0.25) is 15.9 Å². The molecule has 1 unspecified atom stereocenters. The Bertz CT molecular complexity index is 1200. The molecule has 8 heteroatoms. The monoisotopic (exact) mass is 441 g/mol. The molecule has 0 bridgehead atoms. The summed E-state index contributed by atoms with van der Waals surface area (Å²) in [6, 6.07) is 12.9. The van der Waals surface area contributed by atoms with Gasteiger partial charge in [-0.15, -0.1) is 11.3 Å². The first kappa shape index (κ1) is 19.7. The van der Waals surface area contributed by atoms with Crippen LogP contribution in [-0.4, -0.2) is 36.7 Å². The summed E-state index contributed by atoms with van der Waals surface area (Å²) in [6.45, 7) is 2.73. The summed E-state index contributed by atoms with van der Waals surface area (Å²) < 4.78 is 29.8. The lowest BCUT2D eigenvalue weighted by Crippen LogP contribution is -2.34. The summed E-state index contributed by atoms with van der Waals surface area (Å²) in [5, 5.41) is 0.859. The number of hydrogen-bond donors (Lipinski definition) is 0. The van der Waals surface area contributed by atoms with E-state index >= 15 is 0 Å². The van der Waals surface area contributed by atoms with Gasteiger partial charge < -0.3 is 4.90 Å². The lowest BCUT2D eigenvalue weighted by Gasteiger charge is -2.29. The average molecular weight is 442 g/mol. The molecule has 0 aliphatic carbocycles. The predicted molar refractivity (Wildman–Crippen MR) is 118 cm³/mol. The Morgan fingerprint density at radius 3 is 2.77 bits per heavy atom. The van der Waals surface area contributed by atoms with Crippen molar-refractivity contribution in [2.24, 2.45) is 0 Å². The van der Waals surface area contributed by atoms with Crippen molar-refractivity contribution in [3.05, 3.63) is 53.0 Å². The van der Waals surface area contributed by atoms with Gasteiger partial charge in [-0.1, -0.05) is 12.1 Å². The van der Waals surface area contributed by atoms with Crippen molar-refractivity contribution in [2.75, 3.05) is 18.0 Å². The fourth-order valence-electron chi connectivity index (χ4n) is 4.50. The minimum absolute atomic E-state index is 0.0120. The van der Waals surface area contributed by atoms with E-state index in [1.54, 1.807) is 45.7 Å². The fraction of sp³-hybridized carbons (Fsp3) is 0.364. The fourth-order valence-corrected chi connectivity index (χ4v) is 7.40. The molecule has 3 heterocycles. The Morgan fingerprint density at radius 2 is 1.97 bits per heavy atom. The normalized spacial score (nSPS) is 19.9. The average Bonchev–Trinajstić information content (AvgIpc) is 3.39. The van der Waals surface area contributed by atoms with Crippen LogP contribution < -0.4 is 4.90 Å². The molecule has 2 aromatic carbocycles. The molecule has 3 aromatic rings. The Kier molecular flexibility index (Phi) is 4.88. The molecular formula is C22H23N3O3S2. The molecule has 0 N–H and O–H groups in total. The van der Waals surface area contributed by atoms with Gasteiger partial charge in [-0.25, -0.2) is 13.4 Å². The third-order valence-corrected chi connectivity index (χ3v) is 9.00. The van der Waals surface area contributed by atoms with Gasteiger partial charge in [0.1, 0.15) is 5.01 Å². The van der Waals surface area contributed by atoms with Crippen molar-refractivity contribution in [3.63, 3.8) is 0 Å². The van der Waals surface area contributed by atoms with Crippen LogP contribution in [0.25, 0.3) is 10.2 Å². The topological polar surface area (TPSA) is 70.6 Å². The van der Waals surface area contributed by atoms with E-state index < -0.39 is 10.0 Å². The number of fused-ring (bicyclic) bond motifs is 2. The molecule has 30 heavy (non-hydrogen) atoms. The predicted octanol–water partition coefficient (Wildman–Crippen LogP) is 4.12. The number of anilines is 1. The molecule has 156 valence electrons. The molecule has 1 aromatic heterocycles. The summed E-state index contributed by atoms with van der Waals surface area (Å²) in [4.78, 5) is 18.7. The zero-order chi connectivity index (χ0) is 20.9. The number of carbonyl (C=O) groups excluding carboxylic acids is 1. The molecule has 5 rings (SSSR count). The molecular weight excluding hydrogens is 418 g/mol. The van der Waals surface area contributed by atoms with E-state index in [0.29, 0.717) is 18.0 Å². The molecule has 1 amide bonds. The highest BCUT2D eigenvalue weighted by Gasteiger charge is 2.38. The van der Waals surface area contributed by atoms with Crippen LogP contribution in [0.4, 0.5) is 5.69 Å². The van der Waals surface area contributed by atoms with Crippen LogP contribution in [-0.2, 0) is 21.2 Å². The second-order valence-corrected chi connectivity index (χ2v) is 10.8. The highest BCUT2D eigenvalue weighted by molar-refractivity contribution is 7.89. The van der Waals surface area contributed by atoms with Gasteiger partial charge >= 0.3 is 0 Å². The van der Waals surface area contributed by atoms with Crippen molar-refractivity contribution < 1.29 is 13.2 Å². The number of carbonyl (C=O) groups is 1. The number of benzene rings is 2. The molecule has 2 aliphatic heterocycles. The lowest BCUT2D eigenvalue weighted by atomic mass is 10.0. The minimum Gasteiger partial charge on any atom is -0.312 e. The van der Waals surface area contributed by atoms with Crippen LogP contribution >= 0.6 is 11.3 Å². The van der Waals surface area contributed by atoms with Crippen LogP contribution in [0.1, 0.15) is 42.8 Å². The van der Waals surface area contributed by atoms with Crippen LogP contribution in [0.3, 0.4) is 0 Å². The van der Waals surface area contributed by atoms with Gasteiger partial charge in [-0.05, 0) is 61.6 Å². The number of para-hydroxylation sites is 1. The summed E-state index contributed by atoms with van der Waals surface area (Å²) >= 11 is 1.57. The van der Waals surface area contributed by atoms with Gasteiger partial charge in [0, 0.05) is 25.7 Å². The maximum atomic E-state index is 13.6. The summed E-state index contributed by atoms with van der Waals surface area (Å²) in [5.74, 6) is -0.0120. The number of rotatable bonds is 3.